The van der Waals surface area contributed by atoms with Gasteiger partial charge in [-0.2, -0.15) is 0 Å². The Morgan fingerprint density at radius 3 is 1.44 bits per heavy atom. The van der Waals surface area contributed by atoms with Crippen LogP contribution >= 0.6 is 45.6 Å². The SMILES string of the molecule is C.C.C#CCC1CCC1.O=P(O)(O)C(O)(Cc1ccc[n+](CC(O)Cn2cc(CC3CCC3)nn2)c1)P(=O)(O)O.O=P(O)(O)C(O)(Cc1cccnc1)P(=O)(O)O.[Cu].[N-]=[N+]=NCC(O)C[n+]1cccc(CC(O)(P(=O)(O)O)P(=O)(O)O)c1.[N-]=[N+]=NCC1CO1. The van der Waals surface area contributed by atoms with E-state index in [4.69, 9.17) is 61.4 Å². The summed E-state index contributed by atoms with van der Waals surface area (Å²) in [5, 5.41) is 53.7. The molecule has 0 aromatic carbocycles. The standard InChI is InChI=1S/C17H26N4O8P2.C10H16N4O8P2.C7H11NO7P2.C7H10.C3H5N3O.2CH4.Cu/c22-16(12-21-10-15(18-19-21)7-13-3-1-4-13)11-20-6-2-5-14(9-20)8-17(23,30(24,25)26)31(27,28)29;11-13-12-5-9(15)7-14-3-1-2-8(6-14)4-10(16,23(17,18)19)24(20,21)22;9-7(16(10,11)12,17(13,14)15)4-6-2-1-3-8-5-6;1-2-4-7-5-3-6-7;4-6-5-1-3-2-7-3;;;/h2,5-6,9-10,13,16,22-23H,1,3-4,7-8,11-12H2,(H3-,24,25,26,27,28,29);1-3,6,9,15-16H,4-5,7H2,(H3-,17,18,19,20,21,22);1-3,5,9H,4H2,(H2,10,11,12)(H2,13,14,15);1,7H,3-6H2;3H,1-2H2;2*1H4;/p+2. The number of pyridine rings is 3. The number of aromatic nitrogens is 6. The van der Waals surface area contributed by atoms with Gasteiger partial charge in [0.05, 0.1) is 38.0 Å². The van der Waals surface area contributed by atoms with Crippen LogP contribution in [-0.4, -0.2) is 157 Å². The van der Waals surface area contributed by atoms with E-state index in [9.17, 15) is 72.5 Å². The van der Waals surface area contributed by atoms with Crippen molar-refractivity contribution in [3.8, 4) is 12.3 Å². The molecule has 3 unspecified atom stereocenters. The first-order chi connectivity index (χ1) is 39.7. The Hall–Kier alpha value is -4.05. The molecule has 0 bridgehead atoms. The second-order valence-corrected chi connectivity index (χ2v) is 32.1. The van der Waals surface area contributed by atoms with E-state index >= 15 is 0 Å². The second-order valence-electron chi connectivity index (χ2n) is 20.0. The molecular formula is C46H78CuN12O24P6+2. The Bertz CT molecular complexity index is 3210. The van der Waals surface area contributed by atoms with E-state index in [0.717, 1.165) is 37.3 Å². The van der Waals surface area contributed by atoms with Gasteiger partial charge < -0.3 is 89.0 Å². The third-order valence-corrected chi connectivity index (χ3v) is 24.2. The van der Waals surface area contributed by atoms with E-state index in [1.807, 2.05) is 0 Å². The maximum absolute atomic E-state index is 11.6. The molecule has 4 aromatic heterocycles. The maximum atomic E-state index is 11.6. The molecule has 1 radical (unpaired) electrons. The second kappa shape index (κ2) is 37.0. The molecule has 0 amide bonds. The molecule has 1 saturated heterocycles. The number of nitrogens with zero attached hydrogens (tertiary/aromatic N) is 12. The summed E-state index contributed by atoms with van der Waals surface area (Å²) in [6.07, 6.45) is 20.2. The number of terminal acetylenes is 1. The largest absolute Gasteiger partial charge is 0.386 e. The van der Waals surface area contributed by atoms with Gasteiger partial charge >= 0.3 is 45.6 Å². The molecule has 4 aromatic rings. The average Bonchev–Trinajstić information content (AvgIpc) is 3.24. The smallest absolute Gasteiger partial charge is 0.369 e. The van der Waals surface area contributed by atoms with Crippen LogP contribution in [0, 0.1) is 24.2 Å². The van der Waals surface area contributed by atoms with Crippen LogP contribution in [0.5, 0.6) is 0 Å². The number of ether oxygens (including phenoxy) is 1. The van der Waals surface area contributed by atoms with E-state index in [1.54, 1.807) is 17.1 Å². The van der Waals surface area contributed by atoms with Crippen LogP contribution in [0.2, 0.25) is 0 Å². The minimum Gasteiger partial charge on any atom is -0.386 e. The molecule has 3 atom stereocenters. The van der Waals surface area contributed by atoms with Gasteiger partial charge in [-0.1, -0.05) is 62.0 Å². The molecule has 505 valence electrons. The number of azide groups is 2. The fraction of sp³-hybridized carbons (Fsp3) is 0.587. The minimum absolute atomic E-state index is 0. The van der Waals surface area contributed by atoms with E-state index in [0.29, 0.717) is 12.5 Å². The van der Waals surface area contributed by atoms with Crippen LogP contribution in [0.3, 0.4) is 0 Å². The third kappa shape index (κ3) is 27.2. The van der Waals surface area contributed by atoms with E-state index in [2.05, 4.69) is 41.3 Å². The van der Waals surface area contributed by atoms with E-state index < -0.39 is 92.3 Å². The molecule has 3 fully saturated rings. The Morgan fingerprint density at radius 2 is 1.09 bits per heavy atom. The van der Waals surface area contributed by atoms with Gasteiger partial charge in [-0.25, -0.2) is 13.8 Å². The van der Waals surface area contributed by atoms with Crippen LogP contribution < -0.4 is 9.13 Å². The number of epoxide rings is 1. The van der Waals surface area contributed by atoms with Crippen molar-refractivity contribution in [3.63, 3.8) is 0 Å². The van der Waals surface area contributed by atoms with Crippen LogP contribution in [0.4, 0.5) is 0 Å². The molecule has 43 heteroatoms. The summed E-state index contributed by atoms with van der Waals surface area (Å²) in [5.74, 6) is 4.21. The summed E-state index contributed by atoms with van der Waals surface area (Å²) >= 11 is 0. The van der Waals surface area contributed by atoms with Crippen molar-refractivity contribution in [2.45, 2.75) is 139 Å². The number of aliphatic hydroxyl groups is 5. The van der Waals surface area contributed by atoms with Gasteiger partial charge in [0, 0.05) is 94.4 Å². The zero-order chi connectivity index (χ0) is 65.0. The van der Waals surface area contributed by atoms with Crippen LogP contribution in [0.1, 0.15) is 82.2 Å². The topological polar surface area (TPSA) is 608 Å². The minimum atomic E-state index is -5.55. The van der Waals surface area contributed by atoms with Crippen molar-refractivity contribution in [3.05, 3.63) is 123 Å². The number of aliphatic hydroxyl groups excluding tert-OH is 2. The number of rotatable bonds is 25. The first-order valence-corrected chi connectivity index (χ1v) is 35.1. The van der Waals surface area contributed by atoms with Crippen LogP contribution in [0.15, 0.2) is 90.0 Å². The van der Waals surface area contributed by atoms with Crippen LogP contribution in [-0.2, 0) is 94.5 Å². The molecule has 5 heterocycles. The summed E-state index contributed by atoms with van der Waals surface area (Å²) in [7, 11) is -33.0. The Kier molecular flexibility index (Phi) is 35.3. The zero-order valence-electron chi connectivity index (χ0n) is 45.8. The monoisotopic (exact) mass is 1430 g/mol. The molecule has 17 N–H and O–H groups in total. The maximum Gasteiger partial charge on any atom is 0.369 e. The van der Waals surface area contributed by atoms with Crippen molar-refractivity contribution in [2.24, 2.45) is 22.1 Å². The van der Waals surface area contributed by atoms with Gasteiger partial charge in [0.15, 0.2) is 37.9 Å². The Labute approximate surface area is 521 Å². The summed E-state index contributed by atoms with van der Waals surface area (Å²) in [5.41, 5.74) is 17.0. The fourth-order valence-corrected chi connectivity index (χ4v) is 14.1. The van der Waals surface area contributed by atoms with Gasteiger partial charge in [-0.15, -0.1) is 17.4 Å². The Balaban J connectivity index is 0.00000118. The Morgan fingerprint density at radius 1 is 0.674 bits per heavy atom. The van der Waals surface area contributed by atoms with Crippen molar-refractivity contribution >= 4 is 45.6 Å². The van der Waals surface area contributed by atoms with E-state index in [1.165, 1.54) is 109 Å². The van der Waals surface area contributed by atoms with Gasteiger partial charge in [-0.3, -0.25) is 32.4 Å². The molecule has 2 aliphatic carbocycles. The zero-order valence-corrected chi connectivity index (χ0v) is 52.1. The predicted molar refractivity (Wildman–Crippen MR) is 311 cm³/mol. The number of hydrogen-bond donors (Lipinski definition) is 17. The van der Waals surface area contributed by atoms with Crippen LogP contribution in [0.25, 0.3) is 20.9 Å². The summed E-state index contributed by atoms with van der Waals surface area (Å²) < 4.78 is 77.0. The van der Waals surface area contributed by atoms with Crippen molar-refractivity contribution < 1.29 is 143 Å². The molecule has 3 aliphatic rings. The fourth-order valence-electron chi connectivity index (χ4n) is 7.67. The first-order valence-electron chi connectivity index (χ1n) is 25.4. The molecule has 89 heavy (non-hydrogen) atoms. The third-order valence-electron chi connectivity index (χ3n) is 13.0. The summed E-state index contributed by atoms with van der Waals surface area (Å²) in [6, 6.07) is 8.29. The van der Waals surface area contributed by atoms with Crippen molar-refractivity contribution in [2.75, 3.05) is 19.7 Å². The van der Waals surface area contributed by atoms with Gasteiger partial charge in [0.25, 0.3) is 15.2 Å². The molecular weight excluding hydrogens is 1350 g/mol. The molecule has 36 nitrogen and oxygen atoms in total. The van der Waals surface area contributed by atoms with Crippen molar-refractivity contribution in [1.29, 1.82) is 0 Å². The van der Waals surface area contributed by atoms with E-state index in [-0.39, 0.29) is 80.9 Å². The van der Waals surface area contributed by atoms with Gasteiger partial charge in [-0.05, 0) is 65.9 Å². The average molecular weight is 1430 g/mol. The molecule has 1 aliphatic heterocycles. The quantitative estimate of drug-likeness (QED) is 0.00660. The molecule has 2 saturated carbocycles. The van der Waals surface area contributed by atoms with Gasteiger partial charge in [0.2, 0.25) is 0 Å². The summed E-state index contributed by atoms with van der Waals surface area (Å²) in [6.45, 7) is 1.26. The summed E-state index contributed by atoms with van der Waals surface area (Å²) in [4.78, 5) is 118. The van der Waals surface area contributed by atoms with Crippen molar-refractivity contribution in [1.82, 2.24) is 20.0 Å². The molecule has 0 spiro atoms. The molecule has 7 rings (SSSR count). The number of hydrogen-bond acceptors (Lipinski definition) is 17. The predicted octanol–water partition coefficient (Wildman–Crippen LogP) is 2.10. The first kappa shape index (κ1) is 84.9. The van der Waals surface area contributed by atoms with Gasteiger partial charge in [0.1, 0.15) is 12.2 Å². The normalized spacial score (nSPS) is 15.9.